The summed E-state index contributed by atoms with van der Waals surface area (Å²) in [6.07, 6.45) is 0. The fourth-order valence-electron chi connectivity index (χ4n) is 1.79. The van der Waals surface area contributed by atoms with E-state index >= 15 is 0 Å². The molecule has 2 aromatic carbocycles. The Morgan fingerprint density at radius 3 is 2.41 bits per heavy atom. The molecule has 2 aromatic rings. The lowest BCUT2D eigenvalue weighted by atomic mass is 10.2. The number of thioether (sulfide) groups is 1. The topological polar surface area (TPSA) is 26.0 Å². The minimum Gasteiger partial charge on any atom is -0.399 e. The maximum Gasteiger partial charge on any atom is 0.0317 e. The summed E-state index contributed by atoms with van der Waals surface area (Å²) in [7, 11) is 0. The first-order valence-corrected chi connectivity index (χ1v) is 6.62. The van der Waals surface area contributed by atoms with Gasteiger partial charge in [0.25, 0.3) is 0 Å². The second-order valence-electron chi connectivity index (χ2n) is 4.20. The Bertz CT molecular complexity index is 494. The van der Waals surface area contributed by atoms with Gasteiger partial charge in [-0.15, -0.1) is 11.8 Å². The van der Waals surface area contributed by atoms with Crippen molar-refractivity contribution < 1.29 is 0 Å². The van der Waals surface area contributed by atoms with Crippen molar-refractivity contribution in [1.82, 2.24) is 0 Å². The second-order valence-corrected chi connectivity index (χ2v) is 5.58. The lowest BCUT2D eigenvalue weighted by molar-refractivity contribution is 1.09. The molecule has 0 fully saturated rings. The van der Waals surface area contributed by atoms with Crippen molar-refractivity contribution in [1.29, 1.82) is 0 Å². The fourth-order valence-corrected chi connectivity index (χ4v) is 2.85. The van der Waals surface area contributed by atoms with Gasteiger partial charge in [0, 0.05) is 15.8 Å². The van der Waals surface area contributed by atoms with Gasteiger partial charge >= 0.3 is 0 Å². The zero-order chi connectivity index (χ0) is 12.3. The highest BCUT2D eigenvalue weighted by Gasteiger charge is 2.08. The molecule has 0 aliphatic rings. The van der Waals surface area contributed by atoms with Crippen LogP contribution in [0.3, 0.4) is 0 Å². The van der Waals surface area contributed by atoms with Gasteiger partial charge in [0.05, 0.1) is 0 Å². The molecule has 0 aromatic heterocycles. The monoisotopic (exact) mass is 243 g/mol. The summed E-state index contributed by atoms with van der Waals surface area (Å²) in [5, 5.41) is 0.457. The third-order valence-electron chi connectivity index (χ3n) is 2.77. The van der Waals surface area contributed by atoms with Gasteiger partial charge in [-0.1, -0.05) is 30.3 Å². The van der Waals surface area contributed by atoms with E-state index in [0.29, 0.717) is 5.25 Å². The number of anilines is 1. The molecule has 2 heteroatoms. The van der Waals surface area contributed by atoms with E-state index in [9.17, 15) is 0 Å². The van der Waals surface area contributed by atoms with Crippen molar-refractivity contribution >= 4 is 17.4 Å². The van der Waals surface area contributed by atoms with Crippen molar-refractivity contribution in [2.45, 2.75) is 24.0 Å². The van der Waals surface area contributed by atoms with Gasteiger partial charge in [0.15, 0.2) is 0 Å². The molecule has 0 radical (unpaired) electrons. The minimum absolute atomic E-state index is 0.457. The molecule has 1 atom stereocenters. The van der Waals surface area contributed by atoms with Crippen LogP contribution in [0.25, 0.3) is 0 Å². The summed E-state index contributed by atoms with van der Waals surface area (Å²) < 4.78 is 0. The molecular weight excluding hydrogens is 226 g/mol. The third kappa shape index (κ3) is 3.04. The number of hydrogen-bond acceptors (Lipinski definition) is 2. The Balaban J connectivity index is 2.16. The quantitative estimate of drug-likeness (QED) is 0.637. The minimum atomic E-state index is 0.457. The first-order chi connectivity index (χ1) is 8.16. The molecule has 0 saturated carbocycles. The molecule has 2 rings (SSSR count). The van der Waals surface area contributed by atoms with Gasteiger partial charge in [-0.3, -0.25) is 0 Å². The first kappa shape index (κ1) is 12.1. The van der Waals surface area contributed by atoms with Crippen LogP contribution in [-0.4, -0.2) is 0 Å². The lowest BCUT2D eigenvalue weighted by Crippen LogP contribution is -1.91. The normalized spacial score (nSPS) is 12.4. The maximum atomic E-state index is 5.76. The summed E-state index contributed by atoms with van der Waals surface area (Å²) in [5.41, 5.74) is 9.20. The average molecular weight is 243 g/mol. The zero-order valence-corrected chi connectivity index (χ0v) is 11.0. The zero-order valence-electron chi connectivity index (χ0n) is 10.2. The molecular formula is C15H17NS. The molecule has 1 nitrogen and oxygen atoms in total. The fraction of sp³-hybridized carbons (Fsp3) is 0.200. The van der Waals surface area contributed by atoms with Crippen molar-refractivity contribution in [3.8, 4) is 0 Å². The summed E-state index contributed by atoms with van der Waals surface area (Å²) in [6, 6.07) is 16.7. The number of rotatable bonds is 3. The van der Waals surface area contributed by atoms with Crippen molar-refractivity contribution in [3.05, 3.63) is 59.7 Å². The number of nitrogen functional groups attached to an aromatic ring is 1. The largest absolute Gasteiger partial charge is 0.399 e. The Morgan fingerprint density at radius 2 is 1.76 bits per heavy atom. The standard InChI is InChI=1S/C15H17NS/c1-11-10-14(16)8-9-15(11)17-12(2)13-6-4-3-5-7-13/h3-10,12H,16H2,1-2H3. The maximum absolute atomic E-state index is 5.76. The van der Waals surface area contributed by atoms with Gasteiger partial charge < -0.3 is 5.73 Å². The second kappa shape index (κ2) is 5.28. The highest BCUT2D eigenvalue weighted by atomic mass is 32.2. The molecule has 2 N–H and O–H groups in total. The molecule has 0 saturated heterocycles. The van der Waals surface area contributed by atoms with E-state index in [4.69, 9.17) is 5.73 Å². The van der Waals surface area contributed by atoms with Gasteiger partial charge in [-0.25, -0.2) is 0 Å². The highest BCUT2D eigenvalue weighted by molar-refractivity contribution is 7.99. The van der Waals surface area contributed by atoms with Crippen LogP contribution in [0.2, 0.25) is 0 Å². The van der Waals surface area contributed by atoms with Crippen LogP contribution in [0.5, 0.6) is 0 Å². The predicted octanol–water partition coefficient (Wildman–Crippen LogP) is 4.43. The van der Waals surface area contributed by atoms with Crippen LogP contribution in [0, 0.1) is 6.92 Å². The van der Waals surface area contributed by atoms with E-state index in [1.165, 1.54) is 16.0 Å². The molecule has 0 heterocycles. The van der Waals surface area contributed by atoms with Crippen molar-refractivity contribution in [2.24, 2.45) is 0 Å². The summed E-state index contributed by atoms with van der Waals surface area (Å²) in [5.74, 6) is 0. The van der Waals surface area contributed by atoms with E-state index in [0.717, 1.165) is 5.69 Å². The molecule has 0 aliphatic carbocycles. The van der Waals surface area contributed by atoms with Crippen molar-refractivity contribution in [2.75, 3.05) is 5.73 Å². The van der Waals surface area contributed by atoms with Crippen LogP contribution >= 0.6 is 11.8 Å². The first-order valence-electron chi connectivity index (χ1n) is 5.74. The van der Waals surface area contributed by atoms with E-state index < -0.39 is 0 Å². The molecule has 1 unspecified atom stereocenters. The summed E-state index contributed by atoms with van der Waals surface area (Å²) in [4.78, 5) is 1.30. The summed E-state index contributed by atoms with van der Waals surface area (Å²) in [6.45, 7) is 4.34. The van der Waals surface area contributed by atoms with E-state index in [-0.39, 0.29) is 0 Å². The predicted molar refractivity (Wildman–Crippen MR) is 76.3 cm³/mol. The third-order valence-corrected chi connectivity index (χ3v) is 4.11. The van der Waals surface area contributed by atoms with Crippen LogP contribution in [0.1, 0.15) is 23.3 Å². The highest BCUT2D eigenvalue weighted by Crippen LogP contribution is 2.36. The smallest absolute Gasteiger partial charge is 0.0317 e. The molecule has 0 aliphatic heterocycles. The van der Waals surface area contributed by atoms with Gasteiger partial charge in [-0.05, 0) is 43.2 Å². The van der Waals surface area contributed by atoms with Crippen LogP contribution in [0.15, 0.2) is 53.4 Å². The van der Waals surface area contributed by atoms with Crippen LogP contribution in [0.4, 0.5) is 5.69 Å². The van der Waals surface area contributed by atoms with E-state index in [1.54, 1.807) is 0 Å². The average Bonchev–Trinajstić information content (AvgIpc) is 2.34. The van der Waals surface area contributed by atoms with Crippen LogP contribution < -0.4 is 5.73 Å². The van der Waals surface area contributed by atoms with Gasteiger partial charge in [0.2, 0.25) is 0 Å². The Kier molecular flexibility index (Phi) is 3.75. The van der Waals surface area contributed by atoms with Gasteiger partial charge in [-0.2, -0.15) is 0 Å². The SMILES string of the molecule is Cc1cc(N)ccc1SC(C)c1ccccc1. The number of aryl methyl sites for hydroxylation is 1. The molecule has 0 amide bonds. The Hall–Kier alpha value is -1.41. The molecule has 88 valence electrons. The van der Waals surface area contributed by atoms with E-state index in [1.807, 2.05) is 23.9 Å². The molecule has 0 spiro atoms. The van der Waals surface area contributed by atoms with Crippen molar-refractivity contribution in [3.63, 3.8) is 0 Å². The summed E-state index contributed by atoms with van der Waals surface area (Å²) >= 11 is 1.88. The lowest BCUT2D eigenvalue weighted by Gasteiger charge is -2.13. The number of hydrogen-bond donors (Lipinski definition) is 1. The molecule has 0 bridgehead atoms. The van der Waals surface area contributed by atoms with Gasteiger partial charge in [0.1, 0.15) is 0 Å². The Morgan fingerprint density at radius 1 is 1.06 bits per heavy atom. The Labute approximate surface area is 107 Å². The molecule has 17 heavy (non-hydrogen) atoms. The van der Waals surface area contributed by atoms with E-state index in [2.05, 4.69) is 50.2 Å². The van der Waals surface area contributed by atoms with Crippen LogP contribution in [-0.2, 0) is 0 Å². The number of nitrogens with two attached hydrogens (primary N) is 1. The number of benzene rings is 2.